The van der Waals surface area contributed by atoms with Gasteiger partial charge in [0.1, 0.15) is 0 Å². The molecule has 90 valence electrons. The number of rotatable bonds is 8. The minimum atomic E-state index is 0.689. The standard InChI is InChI=1S/C11H24N2O2/c1-13-6-4-11(10-13)12-5-3-7-15-9-8-14-2/h11-12H,3-10H2,1-2H3. The SMILES string of the molecule is COCCOCCCNC1CCN(C)C1. The predicted molar refractivity (Wildman–Crippen MR) is 61.2 cm³/mol. The van der Waals surface area contributed by atoms with E-state index in [9.17, 15) is 0 Å². The second-order valence-electron chi connectivity index (χ2n) is 4.16. The molecule has 1 rings (SSSR count). The van der Waals surface area contributed by atoms with Crippen molar-refractivity contribution < 1.29 is 9.47 Å². The normalized spacial score (nSPS) is 22.4. The van der Waals surface area contributed by atoms with E-state index in [1.807, 2.05) is 0 Å². The molecule has 1 N–H and O–H groups in total. The van der Waals surface area contributed by atoms with Crippen molar-refractivity contribution in [3.8, 4) is 0 Å². The molecule has 1 heterocycles. The van der Waals surface area contributed by atoms with Crippen LogP contribution in [0, 0.1) is 0 Å². The molecule has 1 saturated heterocycles. The number of nitrogens with one attached hydrogen (secondary N) is 1. The fraction of sp³-hybridized carbons (Fsp3) is 1.00. The topological polar surface area (TPSA) is 33.7 Å². The molecule has 1 aliphatic heterocycles. The first-order valence-electron chi connectivity index (χ1n) is 5.81. The average Bonchev–Trinajstić information content (AvgIpc) is 2.63. The van der Waals surface area contributed by atoms with Gasteiger partial charge in [0.05, 0.1) is 13.2 Å². The van der Waals surface area contributed by atoms with Crippen LogP contribution in [0.2, 0.25) is 0 Å². The van der Waals surface area contributed by atoms with E-state index in [1.54, 1.807) is 7.11 Å². The fourth-order valence-corrected chi connectivity index (χ4v) is 1.83. The molecule has 0 bridgehead atoms. The first-order valence-corrected chi connectivity index (χ1v) is 5.81. The first-order chi connectivity index (χ1) is 7.33. The Labute approximate surface area is 92.9 Å². The molecule has 15 heavy (non-hydrogen) atoms. The van der Waals surface area contributed by atoms with E-state index in [2.05, 4.69) is 17.3 Å². The summed E-state index contributed by atoms with van der Waals surface area (Å²) in [7, 11) is 3.87. The van der Waals surface area contributed by atoms with Gasteiger partial charge in [-0.15, -0.1) is 0 Å². The average molecular weight is 216 g/mol. The second kappa shape index (κ2) is 8.05. The number of ether oxygens (including phenoxy) is 2. The van der Waals surface area contributed by atoms with Crippen LogP contribution in [0.4, 0.5) is 0 Å². The summed E-state index contributed by atoms with van der Waals surface area (Å²) in [6.07, 6.45) is 2.37. The van der Waals surface area contributed by atoms with Crippen molar-refractivity contribution in [1.29, 1.82) is 0 Å². The molecule has 0 aliphatic carbocycles. The molecule has 4 nitrogen and oxygen atoms in total. The molecule has 0 radical (unpaired) electrons. The van der Waals surface area contributed by atoms with Crippen LogP contribution in [0.1, 0.15) is 12.8 Å². The predicted octanol–water partition coefficient (Wildman–Crippen LogP) is 0.333. The Morgan fingerprint density at radius 2 is 2.20 bits per heavy atom. The van der Waals surface area contributed by atoms with Gasteiger partial charge in [-0.25, -0.2) is 0 Å². The van der Waals surface area contributed by atoms with Crippen molar-refractivity contribution in [3.05, 3.63) is 0 Å². The van der Waals surface area contributed by atoms with Gasteiger partial charge < -0.3 is 19.7 Å². The molecule has 0 aromatic rings. The third-order valence-corrected chi connectivity index (χ3v) is 2.72. The van der Waals surface area contributed by atoms with Crippen molar-refractivity contribution in [2.45, 2.75) is 18.9 Å². The van der Waals surface area contributed by atoms with Gasteiger partial charge in [-0.3, -0.25) is 0 Å². The number of likely N-dealkylation sites (tertiary alicyclic amines) is 1. The Bertz CT molecular complexity index is 156. The van der Waals surface area contributed by atoms with E-state index in [4.69, 9.17) is 9.47 Å². The van der Waals surface area contributed by atoms with E-state index in [0.717, 1.165) is 19.6 Å². The molecule has 1 fully saturated rings. The summed E-state index contributed by atoms with van der Waals surface area (Å²) in [6.45, 7) is 5.71. The maximum atomic E-state index is 5.38. The Morgan fingerprint density at radius 1 is 1.33 bits per heavy atom. The van der Waals surface area contributed by atoms with Crippen molar-refractivity contribution in [2.75, 3.05) is 53.6 Å². The zero-order valence-corrected chi connectivity index (χ0v) is 10.00. The molecule has 4 heteroatoms. The highest BCUT2D eigenvalue weighted by Gasteiger charge is 2.17. The molecular weight excluding hydrogens is 192 g/mol. The van der Waals surface area contributed by atoms with Crippen LogP contribution in [0.5, 0.6) is 0 Å². The summed E-state index contributed by atoms with van der Waals surface area (Å²) in [5.41, 5.74) is 0. The van der Waals surface area contributed by atoms with Gasteiger partial charge in [-0.2, -0.15) is 0 Å². The van der Waals surface area contributed by atoms with E-state index in [1.165, 1.54) is 19.5 Å². The Hall–Kier alpha value is -0.160. The van der Waals surface area contributed by atoms with Gasteiger partial charge in [-0.05, 0) is 33.0 Å². The molecule has 0 spiro atoms. The number of nitrogens with zero attached hydrogens (tertiary/aromatic N) is 1. The summed E-state index contributed by atoms with van der Waals surface area (Å²) in [6, 6.07) is 0.689. The summed E-state index contributed by atoms with van der Waals surface area (Å²) >= 11 is 0. The number of methoxy groups -OCH3 is 1. The molecule has 0 aromatic heterocycles. The largest absolute Gasteiger partial charge is 0.382 e. The molecular formula is C11H24N2O2. The van der Waals surface area contributed by atoms with Gasteiger partial charge >= 0.3 is 0 Å². The Morgan fingerprint density at radius 3 is 2.87 bits per heavy atom. The smallest absolute Gasteiger partial charge is 0.0700 e. The zero-order valence-electron chi connectivity index (χ0n) is 10.00. The van der Waals surface area contributed by atoms with Crippen LogP contribution in [0.15, 0.2) is 0 Å². The van der Waals surface area contributed by atoms with Gasteiger partial charge in [0.15, 0.2) is 0 Å². The van der Waals surface area contributed by atoms with E-state index in [0.29, 0.717) is 19.3 Å². The van der Waals surface area contributed by atoms with Gasteiger partial charge in [0.2, 0.25) is 0 Å². The lowest BCUT2D eigenvalue weighted by Gasteiger charge is -2.12. The third kappa shape index (κ3) is 6.10. The molecule has 1 atom stereocenters. The van der Waals surface area contributed by atoms with Crippen LogP contribution < -0.4 is 5.32 Å². The quantitative estimate of drug-likeness (QED) is 0.593. The van der Waals surface area contributed by atoms with Gasteiger partial charge in [0.25, 0.3) is 0 Å². The van der Waals surface area contributed by atoms with Crippen LogP contribution in [-0.4, -0.2) is 64.6 Å². The van der Waals surface area contributed by atoms with E-state index >= 15 is 0 Å². The van der Waals surface area contributed by atoms with Gasteiger partial charge in [0, 0.05) is 26.3 Å². The van der Waals surface area contributed by atoms with Crippen LogP contribution in [0.25, 0.3) is 0 Å². The third-order valence-electron chi connectivity index (χ3n) is 2.72. The summed E-state index contributed by atoms with van der Waals surface area (Å²) in [5.74, 6) is 0. The summed E-state index contributed by atoms with van der Waals surface area (Å²) < 4.78 is 10.3. The van der Waals surface area contributed by atoms with Crippen LogP contribution in [-0.2, 0) is 9.47 Å². The lowest BCUT2D eigenvalue weighted by molar-refractivity contribution is 0.0693. The molecule has 0 aromatic carbocycles. The Kier molecular flexibility index (Phi) is 6.92. The van der Waals surface area contributed by atoms with E-state index < -0.39 is 0 Å². The lowest BCUT2D eigenvalue weighted by atomic mass is 10.2. The maximum absolute atomic E-state index is 5.38. The lowest BCUT2D eigenvalue weighted by Crippen LogP contribution is -2.32. The van der Waals surface area contributed by atoms with Crippen molar-refractivity contribution in [3.63, 3.8) is 0 Å². The second-order valence-corrected chi connectivity index (χ2v) is 4.16. The van der Waals surface area contributed by atoms with Crippen LogP contribution >= 0.6 is 0 Å². The summed E-state index contributed by atoms with van der Waals surface area (Å²) in [4.78, 5) is 2.37. The Balaban J connectivity index is 1.81. The zero-order chi connectivity index (χ0) is 10.9. The van der Waals surface area contributed by atoms with Crippen LogP contribution in [0.3, 0.4) is 0 Å². The van der Waals surface area contributed by atoms with Crippen molar-refractivity contribution in [2.24, 2.45) is 0 Å². The monoisotopic (exact) mass is 216 g/mol. The maximum Gasteiger partial charge on any atom is 0.0700 e. The number of hydrogen-bond donors (Lipinski definition) is 1. The van der Waals surface area contributed by atoms with Crippen molar-refractivity contribution >= 4 is 0 Å². The first kappa shape index (κ1) is 12.9. The number of likely N-dealkylation sites (N-methyl/N-ethyl adjacent to an activating group) is 1. The minimum Gasteiger partial charge on any atom is -0.382 e. The highest BCUT2D eigenvalue weighted by Crippen LogP contribution is 2.05. The van der Waals surface area contributed by atoms with Crippen molar-refractivity contribution in [1.82, 2.24) is 10.2 Å². The highest BCUT2D eigenvalue weighted by atomic mass is 16.5. The molecule has 0 amide bonds. The van der Waals surface area contributed by atoms with Gasteiger partial charge in [-0.1, -0.05) is 0 Å². The minimum absolute atomic E-state index is 0.689. The molecule has 1 aliphatic rings. The highest BCUT2D eigenvalue weighted by molar-refractivity contribution is 4.78. The van der Waals surface area contributed by atoms with E-state index in [-0.39, 0.29) is 0 Å². The molecule has 0 saturated carbocycles. The summed E-state index contributed by atoms with van der Waals surface area (Å²) in [5, 5.41) is 3.55. The number of hydrogen-bond acceptors (Lipinski definition) is 4. The fourth-order valence-electron chi connectivity index (χ4n) is 1.83. The molecule has 1 unspecified atom stereocenters.